The van der Waals surface area contributed by atoms with Gasteiger partial charge in [0, 0.05) is 23.3 Å². The number of nitrogens with zero attached hydrogens (tertiary/aromatic N) is 2. The van der Waals surface area contributed by atoms with Gasteiger partial charge in [-0.15, -0.1) is 0 Å². The molecular weight excluding hydrogens is 196 g/mol. The van der Waals surface area contributed by atoms with Gasteiger partial charge < -0.3 is 0 Å². The predicted molar refractivity (Wildman–Crippen MR) is 63.8 cm³/mol. The Hall–Kier alpha value is -2.22. The normalized spacial score (nSPS) is 10.5. The van der Waals surface area contributed by atoms with Crippen molar-refractivity contribution in [3.05, 3.63) is 60.9 Å². The summed E-state index contributed by atoms with van der Waals surface area (Å²) in [5.41, 5.74) is 3.04. The van der Waals surface area contributed by atoms with E-state index in [0.717, 1.165) is 22.2 Å². The number of hydrogen-bond acceptors (Lipinski definition) is 2. The number of pyridine rings is 2. The zero-order valence-electron chi connectivity index (χ0n) is 8.59. The summed E-state index contributed by atoms with van der Waals surface area (Å²) in [6.45, 7) is 0. The Bertz CT molecular complexity index is 618. The van der Waals surface area contributed by atoms with Crippen LogP contribution in [0.3, 0.4) is 0 Å². The summed E-state index contributed by atoms with van der Waals surface area (Å²) < 4.78 is 0. The Morgan fingerprint density at radius 2 is 1.81 bits per heavy atom. The molecule has 2 heteroatoms. The number of hydrogen-bond donors (Lipinski definition) is 0. The molecule has 3 rings (SSSR count). The number of rotatable bonds is 1. The molecule has 0 aliphatic carbocycles. The van der Waals surface area contributed by atoms with E-state index in [1.54, 1.807) is 6.20 Å². The Morgan fingerprint density at radius 3 is 2.69 bits per heavy atom. The van der Waals surface area contributed by atoms with E-state index in [4.69, 9.17) is 0 Å². The molecule has 0 fully saturated rings. The van der Waals surface area contributed by atoms with Crippen molar-refractivity contribution in [1.82, 2.24) is 9.97 Å². The third-order valence-corrected chi connectivity index (χ3v) is 2.51. The van der Waals surface area contributed by atoms with Crippen molar-refractivity contribution in [2.24, 2.45) is 0 Å². The van der Waals surface area contributed by atoms with Gasteiger partial charge in [-0.3, -0.25) is 0 Å². The average molecular weight is 205 g/mol. The van der Waals surface area contributed by atoms with Gasteiger partial charge in [-0.25, -0.2) is 9.97 Å². The van der Waals surface area contributed by atoms with Crippen LogP contribution in [0.4, 0.5) is 0 Å². The molecule has 0 spiro atoms. The molecular formula is C14H9N2. The maximum atomic E-state index is 4.34. The van der Waals surface area contributed by atoms with Gasteiger partial charge in [0.1, 0.15) is 0 Å². The van der Waals surface area contributed by atoms with Crippen molar-refractivity contribution >= 4 is 11.0 Å². The fraction of sp³-hybridized carbons (Fsp3) is 0. The molecule has 1 radical (unpaired) electrons. The minimum Gasteiger partial charge on any atom is -0.237 e. The first-order chi connectivity index (χ1) is 7.93. The average Bonchev–Trinajstić information content (AvgIpc) is 2.39. The predicted octanol–water partition coefficient (Wildman–Crippen LogP) is 3.10. The summed E-state index contributed by atoms with van der Waals surface area (Å²) in [7, 11) is 0. The van der Waals surface area contributed by atoms with E-state index in [0.29, 0.717) is 0 Å². The fourth-order valence-corrected chi connectivity index (χ4v) is 1.70. The van der Waals surface area contributed by atoms with Crippen LogP contribution in [0.15, 0.2) is 54.9 Å². The number of aromatic nitrogens is 2. The first-order valence-corrected chi connectivity index (χ1v) is 5.11. The standard InChI is InChI=1S/C14H9N2/c1-2-5-11(6-3-1)13-9-12-7-4-8-15-14(12)16-10-13/h2-10H. The van der Waals surface area contributed by atoms with Crippen molar-refractivity contribution in [3.63, 3.8) is 0 Å². The SMILES string of the molecule is [c]1ccc(-c2cnc3ncccc3c2)cc1. The van der Waals surface area contributed by atoms with E-state index in [1.165, 1.54) is 0 Å². The van der Waals surface area contributed by atoms with E-state index in [9.17, 15) is 0 Å². The lowest BCUT2D eigenvalue weighted by molar-refractivity contribution is 1.29. The lowest BCUT2D eigenvalue weighted by Gasteiger charge is -2.02. The van der Waals surface area contributed by atoms with E-state index >= 15 is 0 Å². The minimum absolute atomic E-state index is 0.786. The van der Waals surface area contributed by atoms with Crippen LogP contribution in [0, 0.1) is 6.07 Å². The molecule has 0 saturated heterocycles. The Labute approximate surface area is 93.6 Å². The quantitative estimate of drug-likeness (QED) is 0.610. The van der Waals surface area contributed by atoms with Gasteiger partial charge in [0.2, 0.25) is 0 Å². The topological polar surface area (TPSA) is 25.8 Å². The Balaban J connectivity index is 2.19. The van der Waals surface area contributed by atoms with E-state index < -0.39 is 0 Å². The molecule has 0 aliphatic heterocycles. The van der Waals surface area contributed by atoms with Crippen LogP contribution in [0.5, 0.6) is 0 Å². The second-order valence-electron chi connectivity index (χ2n) is 3.56. The highest BCUT2D eigenvalue weighted by molar-refractivity contribution is 5.80. The third-order valence-electron chi connectivity index (χ3n) is 2.51. The molecule has 2 nitrogen and oxygen atoms in total. The molecule has 16 heavy (non-hydrogen) atoms. The van der Waals surface area contributed by atoms with Crippen molar-refractivity contribution in [2.75, 3.05) is 0 Å². The van der Waals surface area contributed by atoms with Gasteiger partial charge in [0.15, 0.2) is 5.65 Å². The Kier molecular flexibility index (Phi) is 2.11. The monoisotopic (exact) mass is 205 g/mol. The fourth-order valence-electron chi connectivity index (χ4n) is 1.70. The zero-order chi connectivity index (χ0) is 10.8. The highest BCUT2D eigenvalue weighted by Crippen LogP contribution is 2.20. The van der Waals surface area contributed by atoms with Crippen LogP contribution in [0.1, 0.15) is 0 Å². The molecule has 0 atom stereocenters. The van der Waals surface area contributed by atoms with Crippen LogP contribution in [0.25, 0.3) is 22.2 Å². The van der Waals surface area contributed by atoms with Crippen LogP contribution in [0.2, 0.25) is 0 Å². The molecule has 3 aromatic rings. The Morgan fingerprint density at radius 1 is 0.938 bits per heavy atom. The molecule has 0 aliphatic rings. The smallest absolute Gasteiger partial charge is 0.159 e. The molecule has 0 saturated carbocycles. The molecule has 0 unspecified atom stereocenters. The summed E-state index contributed by atoms with van der Waals surface area (Å²) >= 11 is 0. The van der Waals surface area contributed by atoms with Gasteiger partial charge >= 0.3 is 0 Å². The molecule has 1 aromatic carbocycles. The highest BCUT2D eigenvalue weighted by Gasteiger charge is 1.99. The van der Waals surface area contributed by atoms with Crippen molar-refractivity contribution < 1.29 is 0 Å². The van der Waals surface area contributed by atoms with Crippen molar-refractivity contribution in [2.45, 2.75) is 0 Å². The summed E-state index contributed by atoms with van der Waals surface area (Å²) in [6.07, 6.45) is 3.61. The second kappa shape index (κ2) is 3.74. The first kappa shape index (κ1) is 9.04. The third kappa shape index (κ3) is 1.54. The largest absolute Gasteiger partial charge is 0.237 e. The minimum atomic E-state index is 0.786. The molecule has 0 bridgehead atoms. The van der Waals surface area contributed by atoms with Crippen molar-refractivity contribution in [1.29, 1.82) is 0 Å². The van der Waals surface area contributed by atoms with Gasteiger partial charge in [-0.05, 0) is 29.8 Å². The van der Waals surface area contributed by atoms with E-state index in [1.807, 2.05) is 42.6 Å². The van der Waals surface area contributed by atoms with Crippen LogP contribution < -0.4 is 0 Å². The summed E-state index contributed by atoms with van der Waals surface area (Å²) in [6, 6.07) is 16.9. The van der Waals surface area contributed by atoms with Gasteiger partial charge in [0.25, 0.3) is 0 Å². The molecule has 0 amide bonds. The second-order valence-corrected chi connectivity index (χ2v) is 3.56. The van der Waals surface area contributed by atoms with Crippen LogP contribution in [-0.2, 0) is 0 Å². The van der Waals surface area contributed by atoms with Crippen LogP contribution in [-0.4, -0.2) is 9.97 Å². The lowest BCUT2D eigenvalue weighted by Crippen LogP contribution is -1.84. The lowest BCUT2D eigenvalue weighted by atomic mass is 10.1. The van der Waals surface area contributed by atoms with E-state index in [-0.39, 0.29) is 0 Å². The van der Waals surface area contributed by atoms with E-state index in [2.05, 4.69) is 22.1 Å². The number of fused-ring (bicyclic) bond motifs is 1. The summed E-state index contributed by atoms with van der Waals surface area (Å²) in [4.78, 5) is 8.53. The van der Waals surface area contributed by atoms with Crippen LogP contribution >= 0.6 is 0 Å². The molecule has 2 heterocycles. The highest BCUT2D eigenvalue weighted by atomic mass is 14.8. The molecule has 2 aromatic heterocycles. The van der Waals surface area contributed by atoms with Gasteiger partial charge in [-0.2, -0.15) is 0 Å². The first-order valence-electron chi connectivity index (χ1n) is 5.11. The van der Waals surface area contributed by atoms with Crippen molar-refractivity contribution in [3.8, 4) is 11.1 Å². The van der Waals surface area contributed by atoms with Gasteiger partial charge in [0.05, 0.1) is 0 Å². The van der Waals surface area contributed by atoms with Gasteiger partial charge in [-0.1, -0.05) is 24.3 Å². The molecule has 75 valence electrons. The zero-order valence-corrected chi connectivity index (χ0v) is 8.59. The maximum Gasteiger partial charge on any atom is 0.159 e. The molecule has 0 N–H and O–H groups in total. The summed E-state index contributed by atoms with van der Waals surface area (Å²) in [5.74, 6) is 0. The maximum absolute atomic E-state index is 4.34. The summed E-state index contributed by atoms with van der Waals surface area (Å²) in [5, 5.41) is 1.06. The number of benzene rings is 1.